The molecule has 0 fully saturated rings. The highest BCUT2D eigenvalue weighted by Crippen LogP contribution is 2.37. The highest BCUT2D eigenvalue weighted by molar-refractivity contribution is 6.30. The van der Waals surface area contributed by atoms with E-state index in [-0.39, 0.29) is 11.1 Å². The van der Waals surface area contributed by atoms with Crippen LogP contribution in [0.4, 0.5) is 13.2 Å². The molecule has 0 N–H and O–H groups in total. The standard InChI is InChI=1S/C11H7ClF3NO2/c1-18-10-2-6(5-16)7(9(17)4-12)3-8(10)11(13,14)15/h2-3H,4H2,1H3. The number of nitriles is 1. The van der Waals surface area contributed by atoms with Gasteiger partial charge in [0.15, 0.2) is 5.78 Å². The van der Waals surface area contributed by atoms with Crippen LogP contribution in [0.15, 0.2) is 12.1 Å². The third kappa shape index (κ3) is 2.74. The molecule has 0 aliphatic rings. The molecule has 1 aromatic carbocycles. The molecule has 0 heterocycles. The van der Waals surface area contributed by atoms with E-state index < -0.39 is 29.2 Å². The van der Waals surface area contributed by atoms with Crippen LogP contribution >= 0.6 is 11.6 Å². The Kier molecular flexibility index (Phi) is 4.19. The van der Waals surface area contributed by atoms with Gasteiger partial charge in [-0.05, 0) is 12.1 Å². The van der Waals surface area contributed by atoms with Crippen molar-refractivity contribution in [1.29, 1.82) is 5.26 Å². The first-order valence-corrected chi connectivity index (χ1v) is 5.17. The van der Waals surface area contributed by atoms with Crippen molar-refractivity contribution >= 4 is 17.4 Å². The average Bonchev–Trinajstić information content (AvgIpc) is 2.34. The zero-order valence-corrected chi connectivity index (χ0v) is 9.89. The van der Waals surface area contributed by atoms with E-state index in [0.717, 1.165) is 13.2 Å². The van der Waals surface area contributed by atoms with Crippen LogP contribution in [0, 0.1) is 11.3 Å². The topological polar surface area (TPSA) is 50.1 Å². The third-order valence-corrected chi connectivity index (χ3v) is 2.43. The van der Waals surface area contributed by atoms with Gasteiger partial charge in [0.25, 0.3) is 0 Å². The van der Waals surface area contributed by atoms with Crippen molar-refractivity contribution in [3.63, 3.8) is 0 Å². The van der Waals surface area contributed by atoms with E-state index in [9.17, 15) is 18.0 Å². The number of methoxy groups -OCH3 is 1. The second-order valence-corrected chi connectivity index (χ2v) is 3.53. The smallest absolute Gasteiger partial charge is 0.419 e. The van der Waals surface area contributed by atoms with Crippen LogP contribution in [0.3, 0.4) is 0 Å². The Bertz CT molecular complexity index is 520. The van der Waals surface area contributed by atoms with Crippen molar-refractivity contribution < 1.29 is 22.7 Å². The molecule has 0 bridgehead atoms. The largest absolute Gasteiger partial charge is 0.496 e. The summed E-state index contributed by atoms with van der Waals surface area (Å²) in [6, 6.07) is 3.10. The predicted octanol–water partition coefficient (Wildman–Crippen LogP) is 3.01. The molecule has 0 aromatic heterocycles. The zero-order chi connectivity index (χ0) is 13.9. The number of nitrogens with zero attached hydrogens (tertiary/aromatic N) is 1. The van der Waals surface area contributed by atoms with E-state index in [1.165, 1.54) is 0 Å². The van der Waals surface area contributed by atoms with Crippen LogP contribution in [0.25, 0.3) is 0 Å². The number of ketones is 1. The number of hydrogen-bond donors (Lipinski definition) is 0. The van der Waals surface area contributed by atoms with Crippen molar-refractivity contribution in [2.24, 2.45) is 0 Å². The van der Waals surface area contributed by atoms with Gasteiger partial charge < -0.3 is 4.74 Å². The summed E-state index contributed by atoms with van der Waals surface area (Å²) in [5.41, 5.74) is -1.68. The summed E-state index contributed by atoms with van der Waals surface area (Å²) in [5.74, 6) is -1.76. The van der Waals surface area contributed by atoms with Crippen LogP contribution < -0.4 is 4.74 Å². The molecule has 1 rings (SSSR count). The summed E-state index contributed by atoms with van der Waals surface area (Å²) in [6.07, 6.45) is -4.68. The molecule has 0 atom stereocenters. The molecule has 18 heavy (non-hydrogen) atoms. The lowest BCUT2D eigenvalue weighted by atomic mass is 10.0. The van der Waals surface area contributed by atoms with E-state index in [4.69, 9.17) is 16.9 Å². The first-order chi connectivity index (χ1) is 8.35. The molecule has 0 aliphatic heterocycles. The number of rotatable bonds is 3. The summed E-state index contributed by atoms with van der Waals surface area (Å²) >= 11 is 5.28. The van der Waals surface area contributed by atoms with Crippen LogP contribution in [0.2, 0.25) is 0 Å². The molecule has 0 amide bonds. The maximum atomic E-state index is 12.7. The van der Waals surface area contributed by atoms with Crippen molar-refractivity contribution in [2.75, 3.05) is 13.0 Å². The quantitative estimate of drug-likeness (QED) is 0.630. The van der Waals surface area contributed by atoms with Crippen LogP contribution in [-0.4, -0.2) is 18.8 Å². The van der Waals surface area contributed by atoms with Crippen LogP contribution in [-0.2, 0) is 6.18 Å². The van der Waals surface area contributed by atoms with Crippen molar-refractivity contribution in [1.82, 2.24) is 0 Å². The summed E-state index contributed by atoms with van der Waals surface area (Å²) in [7, 11) is 1.05. The maximum absolute atomic E-state index is 12.7. The second-order valence-electron chi connectivity index (χ2n) is 3.26. The van der Waals surface area contributed by atoms with Crippen LogP contribution in [0.5, 0.6) is 5.75 Å². The zero-order valence-electron chi connectivity index (χ0n) is 9.14. The fourth-order valence-corrected chi connectivity index (χ4v) is 1.51. The van der Waals surface area contributed by atoms with Crippen LogP contribution in [0.1, 0.15) is 21.5 Å². The van der Waals surface area contributed by atoms with Crippen molar-refractivity contribution in [3.05, 3.63) is 28.8 Å². The number of carbonyl (C=O) groups is 1. The number of benzene rings is 1. The van der Waals surface area contributed by atoms with E-state index >= 15 is 0 Å². The Labute approximate surface area is 106 Å². The molecular weight excluding hydrogens is 271 g/mol. The molecule has 0 aliphatic carbocycles. The molecule has 0 saturated heterocycles. The van der Waals surface area contributed by atoms with Gasteiger partial charge in [-0.3, -0.25) is 4.79 Å². The molecule has 7 heteroatoms. The molecule has 1 aromatic rings. The van der Waals surface area contributed by atoms with Crippen molar-refractivity contribution in [3.8, 4) is 11.8 Å². The summed E-state index contributed by atoms with van der Waals surface area (Å²) < 4.78 is 42.7. The minimum atomic E-state index is -4.68. The number of alkyl halides is 4. The highest BCUT2D eigenvalue weighted by atomic mass is 35.5. The third-order valence-electron chi connectivity index (χ3n) is 2.19. The van der Waals surface area contributed by atoms with Gasteiger partial charge in [-0.15, -0.1) is 11.6 Å². The van der Waals surface area contributed by atoms with Crippen molar-refractivity contribution in [2.45, 2.75) is 6.18 Å². The Balaban J connectivity index is 3.55. The summed E-state index contributed by atoms with van der Waals surface area (Å²) in [4.78, 5) is 11.4. The number of ether oxygens (including phenoxy) is 1. The molecule has 0 saturated carbocycles. The van der Waals surface area contributed by atoms with Gasteiger partial charge in [-0.1, -0.05) is 0 Å². The molecule has 0 unspecified atom stereocenters. The number of carbonyl (C=O) groups excluding carboxylic acids is 1. The first-order valence-electron chi connectivity index (χ1n) is 4.63. The van der Waals surface area contributed by atoms with E-state index in [0.29, 0.717) is 6.07 Å². The normalized spacial score (nSPS) is 10.9. The molecule has 96 valence electrons. The fraction of sp³-hybridized carbons (Fsp3) is 0.273. The lowest BCUT2D eigenvalue weighted by Crippen LogP contribution is -2.12. The Hall–Kier alpha value is -1.74. The van der Waals surface area contributed by atoms with Gasteiger partial charge in [0.05, 0.1) is 24.1 Å². The Morgan fingerprint density at radius 3 is 2.50 bits per heavy atom. The summed E-state index contributed by atoms with van der Waals surface area (Å²) in [6.45, 7) is 0. The Morgan fingerprint density at radius 1 is 1.50 bits per heavy atom. The van der Waals surface area contributed by atoms with Gasteiger partial charge >= 0.3 is 6.18 Å². The van der Waals surface area contributed by atoms with Gasteiger partial charge in [0.1, 0.15) is 11.8 Å². The lowest BCUT2D eigenvalue weighted by Gasteiger charge is -2.14. The fourth-order valence-electron chi connectivity index (χ4n) is 1.37. The molecule has 0 spiro atoms. The second kappa shape index (κ2) is 5.27. The predicted molar refractivity (Wildman–Crippen MR) is 57.8 cm³/mol. The van der Waals surface area contributed by atoms with Gasteiger partial charge in [-0.25, -0.2) is 0 Å². The minimum Gasteiger partial charge on any atom is -0.496 e. The number of halogens is 4. The van der Waals surface area contributed by atoms with Gasteiger partial charge in [0, 0.05) is 5.56 Å². The molecule has 0 radical (unpaired) electrons. The number of hydrogen-bond acceptors (Lipinski definition) is 3. The minimum absolute atomic E-state index is 0.203. The highest BCUT2D eigenvalue weighted by Gasteiger charge is 2.35. The first kappa shape index (κ1) is 14.3. The van der Waals surface area contributed by atoms with Gasteiger partial charge in [0.2, 0.25) is 0 Å². The number of Topliss-reactive ketones (excluding diaryl/α,β-unsaturated/α-hetero) is 1. The monoisotopic (exact) mass is 277 g/mol. The Morgan fingerprint density at radius 2 is 2.11 bits per heavy atom. The molecule has 3 nitrogen and oxygen atoms in total. The van der Waals surface area contributed by atoms with E-state index in [1.807, 2.05) is 0 Å². The van der Waals surface area contributed by atoms with Gasteiger partial charge in [-0.2, -0.15) is 18.4 Å². The van der Waals surface area contributed by atoms with E-state index in [2.05, 4.69) is 4.74 Å². The SMILES string of the molecule is COc1cc(C#N)c(C(=O)CCl)cc1C(F)(F)F. The lowest BCUT2D eigenvalue weighted by molar-refractivity contribution is -0.138. The molecular formula is C11H7ClF3NO2. The van der Waals surface area contributed by atoms with E-state index in [1.54, 1.807) is 6.07 Å². The maximum Gasteiger partial charge on any atom is 0.419 e. The average molecular weight is 278 g/mol. The summed E-state index contributed by atoms with van der Waals surface area (Å²) in [5, 5.41) is 8.79.